The average Bonchev–Trinajstić information content (AvgIpc) is 3.41. The predicted molar refractivity (Wildman–Crippen MR) is 87.4 cm³/mol. The molecule has 1 heterocycles. The van der Waals surface area contributed by atoms with Crippen LogP contribution in [0.2, 0.25) is 0 Å². The maximum atomic E-state index is 3.56. The van der Waals surface area contributed by atoms with Gasteiger partial charge in [0.05, 0.1) is 0 Å². The molecular weight excluding hydrogens is 256 g/mol. The van der Waals surface area contributed by atoms with E-state index in [4.69, 9.17) is 0 Å². The molecule has 1 aliphatic heterocycles. The van der Waals surface area contributed by atoms with Gasteiger partial charge in [0, 0.05) is 19.1 Å². The first-order chi connectivity index (χ1) is 10.4. The van der Waals surface area contributed by atoms with Gasteiger partial charge in [0.25, 0.3) is 0 Å². The molecule has 1 unspecified atom stereocenters. The van der Waals surface area contributed by atoms with Crippen molar-refractivity contribution < 1.29 is 0 Å². The molecule has 2 aliphatic carbocycles. The van der Waals surface area contributed by atoms with Crippen molar-refractivity contribution in [1.29, 1.82) is 0 Å². The Balaban J connectivity index is 1.37. The molecule has 0 bridgehead atoms. The highest BCUT2D eigenvalue weighted by molar-refractivity contribution is 5.28. The highest BCUT2D eigenvalue weighted by Gasteiger charge is 2.31. The van der Waals surface area contributed by atoms with Crippen LogP contribution in [0.1, 0.15) is 55.6 Å². The van der Waals surface area contributed by atoms with Gasteiger partial charge in [0.1, 0.15) is 0 Å². The first kappa shape index (κ1) is 13.8. The fourth-order valence-corrected chi connectivity index (χ4v) is 3.74. The van der Waals surface area contributed by atoms with Gasteiger partial charge in [-0.25, -0.2) is 0 Å². The van der Waals surface area contributed by atoms with Gasteiger partial charge in [0.2, 0.25) is 0 Å². The van der Waals surface area contributed by atoms with Crippen LogP contribution in [-0.2, 0) is 6.54 Å². The minimum Gasteiger partial charge on any atom is -0.316 e. The van der Waals surface area contributed by atoms with Gasteiger partial charge in [-0.1, -0.05) is 24.3 Å². The minimum atomic E-state index is 0.866. The third-order valence-electron chi connectivity index (χ3n) is 5.37. The Labute approximate surface area is 128 Å². The molecule has 1 N–H and O–H groups in total. The standard InChI is InChI=1S/C19H28N2/c1-2-16(12-20-11-1)14-21(19-9-10-19)13-15-3-5-17(6-4-15)18-7-8-18/h3-6,16,18-20H,1-2,7-14H2. The smallest absolute Gasteiger partial charge is 0.0236 e. The number of rotatable bonds is 6. The van der Waals surface area contributed by atoms with E-state index in [1.54, 1.807) is 5.56 Å². The second-order valence-corrected chi connectivity index (χ2v) is 7.39. The number of piperidine rings is 1. The summed E-state index contributed by atoms with van der Waals surface area (Å²) in [6, 6.07) is 10.4. The highest BCUT2D eigenvalue weighted by Crippen LogP contribution is 2.40. The van der Waals surface area contributed by atoms with Crippen LogP contribution in [0.5, 0.6) is 0 Å². The summed E-state index contributed by atoms with van der Waals surface area (Å²) >= 11 is 0. The molecule has 2 nitrogen and oxygen atoms in total. The molecule has 3 fully saturated rings. The summed E-state index contributed by atoms with van der Waals surface area (Å²) in [7, 11) is 0. The molecule has 2 saturated carbocycles. The van der Waals surface area contributed by atoms with Crippen molar-refractivity contribution in [3.05, 3.63) is 35.4 Å². The van der Waals surface area contributed by atoms with Gasteiger partial charge in [0.15, 0.2) is 0 Å². The molecule has 21 heavy (non-hydrogen) atoms. The zero-order chi connectivity index (χ0) is 14.1. The van der Waals surface area contributed by atoms with Gasteiger partial charge in [-0.15, -0.1) is 0 Å². The Morgan fingerprint density at radius 2 is 1.81 bits per heavy atom. The lowest BCUT2D eigenvalue weighted by atomic mass is 9.98. The summed E-state index contributed by atoms with van der Waals surface area (Å²) in [5.74, 6) is 1.75. The van der Waals surface area contributed by atoms with Crippen LogP contribution in [0.25, 0.3) is 0 Å². The van der Waals surface area contributed by atoms with Gasteiger partial charge in [-0.3, -0.25) is 4.90 Å². The van der Waals surface area contributed by atoms with Crippen LogP contribution >= 0.6 is 0 Å². The minimum absolute atomic E-state index is 0.866. The van der Waals surface area contributed by atoms with Crippen molar-refractivity contribution in [2.75, 3.05) is 19.6 Å². The summed E-state index contributed by atoms with van der Waals surface area (Å²) < 4.78 is 0. The van der Waals surface area contributed by atoms with E-state index in [2.05, 4.69) is 34.5 Å². The van der Waals surface area contributed by atoms with Crippen LogP contribution in [0.3, 0.4) is 0 Å². The number of nitrogens with one attached hydrogen (secondary N) is 1. The molecule has 0 spiro atoms. The third kappa shape index (κ3) is 3.67. The zero-order valence-corrected chi connectivity index (χ0v) is 13.1. The predicted octanol–water partition coefficient (Wildman–Crippen LogP) is 3.53. The van der Waals surface area contributed by atoms with E-state index in [1.165, 1.54) is 63.7 Å². The summed E-state index contributed by atoms with van der Waals surface area (Å²) in [4.78, 5) is 2.75. The van der Waals surface area contributed by atoms with Crippen LogP contribution < -0.4 is 5.32 Å². The van der Waals surface area contributed by atoms with Crippen molar-refractivity contribution in [3.63, 3.8) is 0 Å². The van der Waals surface area contributed by atoms with Crippen LogP contribution in [-0.4, -0.2) is 30.6 Å². The normalized spacial score (nSPS) is 26.2. The molecule has 1 aromatic rings. The summed E-state index contributed by atoms with van der Waals surface area (Å²) in [5.41, 5.74) is 3.07. The number of nitrogens with zero attached hydrogens (tertiary/aromatic N) is 1. The summed E-state index contributed by atoms with van der Waals surface area (Å²) in [6.07, 6.45) is 8.42. The maximum absolute atomic E-state index is 3.56. The lowest BCUT2D eigenvalue weighted by Crippen LogP contribution is -2.39. The Hall–Kier alpha value is -0.860. The van der Waals surface area contributed by atoms with E-state index in [1.807, 2.05) is 0 Å². The average molecular weight is 284 g/mol. The van der Waals surface area contributed by atoms with E-state index >= 15 is 0 Å². The second-order valence-electron chi connectivity index (χ2n) is 7.39. The number of benzene rings is 1. The summed E-state index contributed by atoms with van der Waals surface area (Å²) in [5, 5.41) is 3.56. The molecule has 0 radical (unpaired) electrons. The Bertz CT molecular complexity index is 453. The topological polar surface area (TPSA) is 15.3 Å². The van der Waals surface area contributed by atoms with Crippen molar-refractivity contribution in [2.24, 2.45) is 5.92 Å². The van der Waals surface area contributed by atoms with Gasteiger partial charge >= 0.3 is 0 Å². The van der Waals surface area contributed by atoms with E-state index < -0.39 is 0 Å². The second kappa shape index (κ2) is 6.10. The molecule has 1 saturated heterocycles. The molecule has 2 heteroatoms. The molecule has 3 aliphatic rings. The molecule has 0 aromatic heterocycles. The van der Waals surface area contributed by atoms with Crippen LogP contribution in [0.4, 0.5) is 0 Å². The lowest BCUT2D eigenvalue weighted by molar-refractivity contribution is 0.193. The highest BCUT2D eigenvalue weighted by atomic mass is 15.2. The summed E-state index contributed by atoms with van der Waals surface area (Å²) in [6.45, 7) is 4.90. The van der Waals surface area contributed by atoms with Gasteiger partial charge < -0.3 is 5.32 Å². The first-order valence-electron chi connectivity index (χ1n) is 8.92. The van der Waals surface area contributed by atoms with E-state index in [9.17, 15) is 0 Å². The fraction of sp³-hybridized carbons (Fsp3) is 0.684. The van der Waals surface area contributed by atoms with Gasteiger partial charge in [-0.2, -0.15) is 0 Å². The van der Waals surface area contributed by atoms with Crippen LogP contribution in [0, 0.1) is 5.92 Å². The quantitative estimate of drug-likeness (QED) is 0.859. The first-order valence-corrected chi connectivity index (χ1v) is 8.92. The van der Waals surface area contributed by atoms with Crippen molar-refractivity contribution in [1.82, 2.24) is 10.2 Å². The van der Waals surface area contributed by atoms with E-state index in [0.29, 0.717) is 0 Å². The van der Waals surface area contributed by atoms with Crippen LogP contribution in [0.15, 0.2) is 24.3 Å². The monoisotopic (exact) mass is 284 g/mol. The van der Waals surface area contributed by atoms with E-state index in [0.717, 1.165) is 24.4 Å². The zero-order valence-electron chi connectivity index (χ0n) is 13.1. The molecule has 0 amide bonds. The number of hydrogen-bond donors (Lipinski definition) is 1. The molecule has 1 atom stereocenters. The fourth-order valence-electron chi connectivity index (χ4n) is 3.74. The van der Waals surface area contributed by atoms with Gasteiger partial charge in [-0.05, 0) is 74.6 Å². The Kier molecular flexibility index (Phi) is 4.00. The molecule has 1 aromatic carbocycles. The SMILES string of the molecule is c1cc(C2CC2)ccc1CN(CC1CCCNC1)C1CC1. The Morgan fingerprint density at radius 3 is 2.43 bits per heavy atom. The lowest BCUT2D eigenvalue weighted by Gasteiger charge is -2.30. The van der Waals surface area contributed by atoms with E-state index in [-0.39, 0.29) is 0 Å². The molecular formula is C19H28N2. The third-order valence-corrected chi connectivity index (χ3v) is 5.37. The number of hydrogen-bond acceptors (Lipinski definition) is 2. The van der Waals surface area contributed by atoms with Crippen molar-refractivity contribution in [2.45, 2.75) is 57.0 Å². The van der Waals surface area contributed by atoms with Crippen molar-refractivity contribution >= 4 is 0 Å². The Morgan fingerprint density at radius 1 is 1.00 bits per heavy atom. The largest absolute Gasteiger partial charge is 0.316 e. The van der Waals surface area contributed by atoms with Crippen molar-refractivity contribution in [3.8, 4) is 0 Å². The molecule has 4 rings (SSSR count). The maximum Gasteiger partial charge on any atom is 0.0236 e. The molecule has 114 valence electrons.